The van der Waals surface area contributed by atoms with Crippen LogP contribution in [0.15, 0.2) is 60.7 Å². The Morgan fingerprint density at radius 3 is 2.55 bits per heavy atom. The number of nitrogens with zero attached hydrogens (tertiary/aromatic N) is 3. The quantitative estimate of drug-likeness (QED) is 0.159. The first kappa shape index (κ1) is 29.8. The smallest absolute Gasteiger partial charge is 0.494 e. The predicted molar refractivity (Wildman–Crippen MR) is 153 cm³/mol. The monoisotopic (exact) mass is 550 g/mol. The second kappa shape index (κ2) is 15.0. The fraction of sp³-hybridized carbons (Fsp3) is 0.448. The fourth-order valence-electron chi connectivity index (χ4n) is 4.65. The highest BCUT2D eigenvalue weighted by Crippen LogP contribution is 2.28. The number of ether oxygens (including phenoxy) is 2. The molecular weight excluding hydrogens is 511 g/mol. The molecule has 0 aliphatic carbocycles. The molecule has 10 nitrogen and oxygen atoms in total. The molecule has 0 bridgehead atoms. The fourth-order valence-corrected chi connectivity index (χ4v) is 4.65. The molecule has 1 aromatic heterocycles. The van der Waals surface area contributed by atoms with Crippen LogP contribution >= 0.6 is 0 Å². The van der Waals surface area contributed by atoms with E-state index in [0.29, 0.717) is 18.7 Å². The van der Waals surface area contributed by atoms with Gasteiger partial charge in [-0.3, -0.25) is 14.4 Å². The average Bonchev–Trinajstić information content (AvgIpc) is 3.35. The van der Waals surface area contributed by atoms with Crippen molar-refractivity contribution in [2.24, 2.45) is 5.92 Å². The van der Waals surface area contributed by atoms with Gasteiger partial charge in [0, 0.05) is 25.2 Å². The maximum absolute atomic E-state index is 13.0. The minimum absolute atomic E-state index is 0.0680. The van der Waals surface area contributed by atoms with Crippen LogP contribution in [0.1, 0.15) is 26.7 Å². The van der Waals surface area contributed by atoms with Gasteiger partial charge in [-0.05, 0) is 42.5 Å². The van der Waals surface area contributed by atoms with Gasteiger partial charge in [0.2, 0.25) is 5.91 Å². The van der Waals surface area contributed by atoms with Gasteiger partial charge >= 0.3 is 7.32 Å². The van der Waals surface area contributed by atoms with E-state index in [4.69, 9.17) is 19.2 Å². The number of nitrogens with one attached hydrogen (secondary N) is 1. The number of aromatic nitrogens is 2. The van der Waals surface area contributed by atoms with Crippen LogP contribution < -0.4 is 10.1 Å². The SMILES string of the molecule is CC(C)CC(NC(=O)Cn1nc(-c2cccc(OCCCN3CCOCC3)c2)cc1-c1ccccc1)OB(O)O. The number of rotatable bonds is 14. The van der Waals surface area contributed by atoms with Gasteiger partial charge in [0.15, 0.2) is 0 Å². The topological polar surface area (TPSA) is 118 Å². The molecule has 214 valence electrons. The molecule has 0 saturated carbocycles. The van der Waals surface area contributed by atoms with E-state index in [1.165, 1.54) is 0 Å². The standard InChI is InChI=1S/C29H39BN4O6/c1-22(2)18-29(40-30(36)37)31-28(35)21-34-27(23-8-4-3-5-9-23)20-26(32-34)24-10-6-11-25(19-24)39-15-7-12-33-13-16-38-17-14-33/h3-6,8-11,19-20,22,29,36-37H,7,12-18,21H2,1-2H3,(H,31,35). The summed E-state index contributed by atoms with van der Waals surface area (Å²) < 4.78 is 18.2. The molecule has 1 fully saturated rings. The van der Waals surface area contributed by atoms with Gasteiger partial charge in [-0.2, -0.15) is 5.10 Å². The van der Waals surface area contributed by atoms with Gasteiger partial charge in [-0.25, -0.2) is 0 Å². The first-order valence-corrected chi connectivity index (χ1v) is 13.8. The van der Waals surface area contributed by atoms with Gasteiger partial charge in [0.05, 0.1) is 31.2 Å². The maximum Gasteiger partial charge on any atom is 0.635 e. The van der Waals surface area contributed by atoms with Crippen LogP contribution in [0.3, 0.4) is 0 Å². The minimum atomic E-state index is -1.98. The number of carbonyl (C=O) groups is 1. The number of morpholine rings is 1. The third-order valence-electron chi connectivity index (χ3n) is 6.56. The van der Waals surface area contributed by atoms with E-state index >= 15 is 0 Å². The highest BCUT2D eigenvalue weighted by atomic mass is 16.6. The Balaban J connectivity index is 1.46. The Hall–Kier alpha value is -3.22. The molecule has 40 heavy (non-hydrogen) atoms. The third-order valence-corrected chi connectivity index (χ3v) is 6.56. The van der Waals surface area contributed by atoms with Gasteiger partial charge in [-0.15, -0.1) is 0 Å². The maximum atomic E-state index is 13.0. The Morgan fingerprint density at radius 1 is 1.07 bits per heavy atom. The van der Waals surface area contributed by atoms with E-state index in [-0.39, 0.29) is 18.4 Å². The lowest BCUT2D eigenvalue weighted by atomic mass is 10.1. The second-order valence-corrected chi connectivity index (χ2v) is 10.3. The largest absolute Gasteiger partial charge is 0.635 e. The highest BCUT2D eigenvalue weighted by molar-refractivity contribution is 6.32. The molecule has 3 aromatic rings. The molecule has 1 aliphatic rings. The van der Waals surface area contributed by atoms with Crippen molar-refractivity contribution in [2.45, 2.75) is 39.5 Å². The van der Waals surface area contributed by atoms with E-state index in [9.17, 15) is 14.8 Å². The number of amides is 1. The Kier molecular flexibility index (Phi) is 11.1. The molecule has 11 heteroatoms. The van der Waals surface area contributed by atoms with E-state index in [1.807, 2.05) is 74.5 Å². The van der Waals surface area contributed by atoms with Crippen LogP contribution in [0.25, 0.3) is 22.5 Å². The Labute approximate surface area is 236 Å². The zero-order valence-electron chi connectivity index (χ0n) is 23.2. The van der Waals surface area contributed by atoms with Crippen LogP contribution in [-0.2, 0) is 20.7 Å². The molecule has 2 heterocycles. The predicted octanol–water partition coefficient (Wildman–Crippen LogP) is 2.79. The Morgan fingerprint density at radius 2 is 1.82 bits per heavy atom. The lowest BCUT2D eigenvalue weighted by molar-refractivity contribution is -0.125. The summed E-state index contributed by atoms with van der Waals surface area (Å²) in [6, 6.07) is 19.5. The summed E-state index contributed by atoms with van der Waals surface area (Å²) in [6.07, 6.45) is 0.527. The summed E-state index contributed by atoms with van der Waals surface area (Å²) in [7, 11) is -1.98. The van der Waals surface area contributed by atoms with Crippen LogP contribution in [-0.4, -0.2) is 83.6 Å². The van der Waals surface area contributed by atoms with E-state index in [0.717, 1.165) is 61.8 Å². The van der Waals surface area contributed by atoms with Gasteiger partial charge in [0.1, 0.15) is 18.5 Å². The summed E-state index contributed by atoms with van der Waals surface area (Å²) in [4.78, 5) is 15.4. The lowest BCUT2D eigenvalue weighted by Crippen LogP contribution is -2.43. The van der Waals surface area contributed by atoms with Crippen molar-refractivity contribution in [3.63, 3.8) is 0 Å². The van der Waals surface area contributed by atoms with Crippen molar-refractivity contribution in [2.75, 3.05) is 39.5 Å². The highest BCUT2D eigenvalue weighted by Gasteiger charge is 2.22. The van der Waals surface area contributed by atoms with Crippen molar-refractivity contribution in [1.29, 1.82) is 0 Å². The van der Waals surface area contributed by atoms with Gasteiger partial charge in [-0.1, -0.05) is 56.3 Å². The first-order valence-electron chi connectivity index (χ1n) is 13.8. The summed E-state index contributed by atoms with van der Waals surface area (Å²) in [5.74, 6) is 0.592. The van der Waals surface area contributed by atoms with Crippen molar-refractivity contribution < 1.29 is 29.0 Å². The molecular formula is C29H39BN4O6. The molecule has 2 aromatic carbocycles. The molecule has 0 radical (unpaired) electrons. The van der Waals surface area contributed by atoms with Crippen molar-refractivity contribution in [3.05, 3.63) is 60.7 Å². The molecule has 1 saturated heterocycles. The zero-order valence-corrected chi connectivity index (χ0v) is 23.2. The van der Waals surface area contributed by atoms with Gasteiger partial charge in [0.25, 0.3) is 0 Å². The first-order chi connectivity index (χ1) is 19.4. The summed E-state index contributed by atoms with van der Waals surface area (Å²) in [6.45, 7) is 8.97. The number of benzene rings is 2. The van der Waals surface area contributed by atoms with Gasteiger partial charge < -0.3 is 29.5 Å². The number of hydrogen-bond acceptors (Lipinski definition) is 8. The molecule has 4 rings (SSSR count). The summed E-state index contributed by atoms with van der Waals surface area (Å²) in [5.41, 5.74) is 3.30. The van der Waals surface area contributed by atoms with Crippen molar-refractivity contribution in [3.8, 4) is 28.3 Å². The lowest BCUT2D eigenvalue weighted by Gasteiger charge is -2.26. The normalized spacial score (nSPS) is 14.7. The van der Waals surface area contributed by atoms with E-state index in [1.54, 1.807) is 4.68 Å². The molecule has 3 N–H and O–H groups in total. The molecule has 1 atom stereocenters. The number of hydrogen-bond donors (Lipinski definition) is 3. The zero-order chi connectivity index (χ0) is 28.3. The summed E-state index contributed by atoms with van der Waals surface area (Å²) >= 11 is 0. The molecule has 1 unspecified atom stereocenters. The molecule has 1 aliphatic heterocycles. The van der Waals surface area contributed by atoms with E-state index in [2.05, 4.69) is 10.2 Å². The van der Waals surface area contributed by atoms with Crippen LogP contribution in [0.5, 0.6) is 5.75 Å². The number of carbonyl (C=O) groups excluding carboxylic acids is 1. The Bertz CT molecular complexity index is 1190. The minimum Gasteiger partial charge on any atom is -0.494 e. The van der Waals surface area contributed by atoms with Crippen LogP contribution in [0.2, 0.25) is 0 Å². The second-order valence-electron chi connectivity index (χ2n) is 10.3. The average molecular weight is 550 g/mol. The molecule has 0 spiro atoms. The van der Waals surface area contributed by atoms with Crippen LogP contribution in [0.4, 0.5) is 0 Å². The molecule has 1 amide bonds. The van der Waals surface area contributed by atoms with Crippen LogP contribution in [0, 0.1) is 5.92 Å². The van der Waals surface area contributed by atoms with Crippen molar-refractivity contribution >= 4 is 13.2 Å². The summed E-state index contributed by atoms with van der Waals surface area (Å²) in [5, 5.41) is 26.0. The van der Waals surface area contributed by atoms with Crippen molar-refractivity contribution in [1.82, 2.24) is 20.0 Å². The van der Waals surface area contributed by atoms with E-state index < -0.39 is 13.5 Å². The third kappa shape index (κ3) is 9.17.